The van der Waals surface area contributed by atoms with Crippen molar-refractivity contribution in [3.63, 3.8) is 0 Å². The van der Waals surface area contributed by atoms with E-state index < -0.39 is 0 Å². The summed E-state index contributed by atoms with van der Waals surface area (Å²) in [7, 11) is 0. The molecule has 3 nitrogen and oxygen atoms in total. The molecule has 1 aromatic heterocycles. The third kappa shape index (κ3) is 4.03. The Hall–Kier alpha value is -2.43. The molecular formula is C23H21ClN2OS. The first-order valence-electron chi connectivity index (χ1n) is 9.44. The molecule has 4 rings (SSSR count). The van der Waals surface area contributed by atoms with Crippen molar-refractivity contribution in [3.05, 3.63) is 86.8 Å². The predicted molar refractivity (Wildman–Crippen MR) is 118 cm³/mol. The van der Waals surface area contributed by atoms with Crippen LogP contribution in [0.5, 0.6) is 0 Å². The fraction of sp³-hybridized carbons (Fsp3) is 0.217. The lowest BCUT2D eigenvalue weighted by molar-refractivity contribution is -0.114. The molecule has 0 atom stereocenters. The van der Waals surface area contributed by atoms with Crippen molar-refractivity contribution in [2.24, 2.45) is 4.99 Å². The summed E-state index contributed by atoms with van der Waals surface area (Å²) in [4.78, 5) is 17.9. The first-order chi connectivity index (χ1) is 13.6. The molecule has 0 radical (unpaired) electrons. The van der Waals surface area contributed by atoms with Crippen LogP contribution in [0.2, 0.25) is 5.02 Å². The normalized spacial score (nSPS) is 13.5. The van der Waals surface area contributed by atoms with Gasteiger partial charge in [0.05, 0.1) is 5.71 Å². The van der Waals surface area contributed by atoms with E-state index in [0.717, 1.165) is 41.1 Å². The summed E-state index contributed by atoms with van der Waals surface area (Å²) in [6, 6.07) is 18.6. The molecule has 2 heterocycles. The maximum absolute atomic E-state index is 12.1. The molecule has 0 spiro atoms. The lowest BCUT2D eigenvalue weighted by Crippen LogP contribution is -2.12. The molecule has 0 saturated carbocycles. The molecule has 0 fully saturated rings. The van der Waals surface area contributed by atoms with Crippen LogP contribution >= 0.6 is 22.9 Å². The SMILES string of the molecule is CCc1ccc(CCc2cc3c(s2)NC(=O)CN=C3c2ccccc2Cl)cc1. The molecule has 1 aliphatic heterocycles. The minimum absolute atomic E-state index is 0.0909. The summed E-state index contributed by atoms with van der Waals surface area (Å²) < 4.78 is 0. The Bertz CT molecular complexity index is 1040. The van der Waals surface area contributed by atoms with Crippen LogP contribution in [0.3, 0.4) is 0 Å². The number of hydrogen-bond donors (Lipinski definition) is 1. The number of thiophene rings is 1. The fourth-order valence-electron chi connectivity index (χ4n) is 3.33. The number of nitrogens with zero attached hydrogens (tertiary/aromatic N) is 1. The van der Waals surface area contributed by atoms with Crippen LogP contribution in [0.4, 0.5) is 5.00 Å². The number of aliphatic imine (C=N–C) groups is 1. The van der Waals surface area contributed by atoms with Gasteiger partial charge in [-0.15, -0.1) is 11.3 Å². The summed E-state index contributed by atoms with van der Waals surface area (Å²) in [5.41, 5.74) is 5.29. The Morgan fingerprint density at radius 3 is 2.54 bits per heavy atom. The third-order valence-electron chi connectivity index (χ3n) is 4.89. The Kier molecular flexibility index (Phi) is 5.60. The summed E-state index contributed by atoms with van der Waals surface area (Å²) in [5.74, 6) is -0.0909. The Morgan fingerprint density at radius 1 is 1.04 bits per heavy atom. The van der Waals surface area contributed by atoms with E-state index in [1.807, 2.05) is 24.3 Å². The summed E-state index contributed by atoms with van der Waals surface area (Å²) >= 11 is 8.03. The van der Waals surface area contributed by atoms with Crippen LogP contribution in [0.1, 0.15) is 34.1 Å². The van der Waals surface area contributed by atoms with Gasteiger partial charge in [0.2, 0.25) is 5.91 Å². The highest BCUT2D eigenvalue weighted by Crippen LogP contribution is 2.34. The highest BCUT2D eigenvalue weighted by atomic mass is 35.5. The zero-order valence-electron chi connectivity index (χ0n) is 15.7. The van der Waals surface area contributed by atoms with Gasteiger partial charge in [-0.3, -0.25) is 9.79 Å². The number of amides is 1. The first kappa shape index (κ1) is 18.9. The van der Waals surface area contributed by atoms with Crippen molar-refractivity contribution in [3.8, 4) is 0 Å². The summed E-state index contributed by atoms with van der Waals surface area (Å²) in [5, 5.41) is 4.50. The van der Waals surface area contributed by atoms with Crippen LogP contribution in [0.15, 0.2) is 59.6 Å². The maximum atomic E-state index is 12.1. The van der Waals surface area contributed by atoms with Gasteiger partial charge >= 0.3 is 0 Å². The quantitative estimate of drug-likeness (QED) is 0.591. The number of fused-ring (bicyclic) bond motifs is 1. The summed E-state index contributed by atoms with van der Waals surface area (Å²) in [6.45, 7) is 2.28. The number of anilines is 1. The molecule has 3 aromatic rings. The smallest absolute Gasteiger partial charge is 0.246 e. The largest absolute Gasteiger partial charge is 0.316 e. The van der Waals surface area contributed by atoms with E-state index in [-0.39, 0.29) is 12.5 Å². The van der Waals surface area contributed by atoms with Crippen molar-refractivity contribution in [2.45, 2.75) is 26.2 Å². The van der Waals surface area contributed by atoms with Crippen LogP contribution in [-0.2, 0) is 24.1 Å². The van der Waals surface area contributed by atoms with Crippen molar-refractivity contribution in [1.29, 1.82) is 0 Å². The zero-order chi connectivity index (χ0) is 19.5. The Morgan fingerprint density at radius 2 is 1.79 bits per heavy atom. The van der Waals surface area contributed by atoms with E-state index in [4.69, 9.17) is 11.6 Å². The highest BCUT2D eigenvalue weighted by Gasteiger charge is 2.22. The molecule has 0 bridgehead atoms. The van der Waals surface area contributed by atoms with Crippen LogP contribution in [0, 0.1) is 0 Å². The van der Waals surface area contributed by atoms with Crippen LogP contribution in [-0.4, -0.2) is 18.2 Å². The molecule has 2 aromatic carbocycles. The van der Waals surface area contributed by atoms with E-state index >= 15 is 0 Å². The second-order valence-corrected chi connectivity index (χ2v) is 8.36. The standard InChI is InChI=1S/C23H21ClN2OS/c1-2-15-7-9-16(10-8-15)11-12-17-13-19-22(18-5-3-4-6-20(18)24)25-14-21(27)26-23(19)28-17/h3-10,13H,2,11-12,14H2,1H3,(H,26,27). The zero-order valence-corrected chi connectivity index (χ0v) is 17.2. The lowest BCUT2D eigenvalue weighted by atomic mass is 10.0. The average molecular weight is 409 g/mol. The number of carbonyl (C=O) groups is 1. The molecule has 0 aliphatic carbocycles. The molecule has 1 N–H and O–H groups in total. The Balaban J connectivity index is 1.61. The topological polar surface area (TPSA) is 41.5 Å². The number of carbonyl (C=O) groups excluding carboxylic acids is 1. The molecule has 0 saturated heterocycles. The van der Waals surface area contributed by atoms with Gasteiger partial charge in [-0.2, -0.15) is 0 Å². The third-order valence-corrected chi connectivity index (χ3v) is 6.33. The van der Waals surface area contributed by atoms with E-state index in [2.05, 4.69) is 47.6 Å². The monoisotopic (exact) mass is 408 g/mol. The number of aryl methyl sites for hydroxylation is 3. The second kappa shape index (κ2) is 8.29. The lowest BCUT2D eigenvalue weighted by Gasteiger charge is -2.07. The molecule has 1 amide bonds. The van der Waals surface area contributed by atoms with Gasteiger partial charge in [0, 0.05) is 21.0 Å². The minimum Gasteiger partial charge on any atom is -0.316 e. The van der Waals surface area contributed by atoms with Crippen LogP contribution < -0.4 is 5.32 Å². The molecule has 142 valence electrons. The number of nitrogens with one attached hydrogen (secondary N) is 1. The molecule has 0 unspecified atom stereocenters. The van der Waals surface area contributed by atoms with Gasteiger partial charge in [0.25, 0.3) is 0 Å². The predicted octanol–water partition coefficient (Wildman–Crippen LogP) is 5.54. The van der Waals surface area contributed by atoms with Crippen molar-refractivity contribution < 1.29 is 4.79 Å². The number of hydrogen-bond acceptors (Lipinski definition) is 3. The average Bonchev–Trinajstić information content (AvgIpc) is 3.03. The number of rotatable bonds is 5. The van der Waals surface area contributed by atoms with Crippen LogP contribution in [0.25, 0.3) is 0 Å². The van der Waals surface area contributed by atoms with Gasteiger partial charge in [-0.05, 0) is 42.5 Å². The van der Waals surface area contributed by atoms with Gasteiger partial charge in [0.1, 0.15) is 11.5 Å². The van der Waals surface area contributed by atoms with E-state index in [1.54, 1.807) is 11.3 Å². The molecule has 1 aliphatic rings. The van der Waals surface area contributed by atoms with Gasteiger partial charge in [0.15, 0.2) is 0 Å². The van der Waals surface area contributed by atoms with Crippen molar-refractivity contribution in [1.82, 2.24) is 0 Å². The van der Waals surface area contributed by atoms with Gasteiger partial charge in [-0.25, -0.2) is 0 Å². The number of halogens is 1. The van der Waals surface area contributed by atoms with Crippen molar-refractivity contribution in [2.75, 3.05) is 11.9 Å². The maximum Gasteiger partial charge on any atom is 0.246 e. The highest BCUT2D eigenvalue weighted by molar-refractivity contribution is 7.16. The molecular weight excluding hydrogens is 388 g/mol. The molecule has 5 heteroatoms. The minimum atomic E-state index is -0.0909. The number of benzene rings is 2. The molecule has 28 heavy (non-hydrogen) atoms. The Labute approximate surface area is 174 Å². The van der Waals surface area contributed by atoms with Gasteiger partial charge in [-0.1, -0.05) is 61.0 Å². The first-order valence-corrected chi connectivity index (χ1v) is 10.6. The van der Waals surface area contributed by atoms with E-state index in [9.17, 15) is 4.79 Å². The van der Waals surface area contributed by atoms with Gasteiger partial charge < -0.3 is 5.32 Å². The summed E-state index contributed by atoms with van der Waals surface area (Å²) in [6.07, 6.45) is 2.95. The van der Waals surface area contributed by atoms with Crippen molar-refractivity contribution >= 4 is 39.6 Å². The van der Waals surface area contributed by atoms with E-state index in [1.165, 1.54) is 16.0 Å². The second-order valence-electron chi connectivity index (χ2n) is 6.82. The van der Waals surface area contributed by atoms with E-state index in [0.29, 0.717) is 5.02 Å². The fourth-order valence-corrected chi connectivity index (χ4v) is 4.63.